The zero-order chi connectivity index (χ0) is 21.8. The topological polar surface area (TPSA) is 41.6 Å². The average Bonchev–Trinajstić information content (AvgIpc) is 2.81. The van der Waals surface area contributed by atoms with Crippen molar-refractivity contribution in [1.29, 1.82) is 0 Å². The van der Waals surface area contributed by atoms with Crippen molar-refractivity contribution in [3.63, 3.8) is 0 Å². The number of ether oxygens (including phenoxy) is 1. The molecule has 1 fully saturated rings. The molecule has 31 heavy (non-hydrogen) atoms. The monoisotopic (exact) mass is 424 g/mol. The number of piperidine rings is 1. The SMILES string of the molecule is CCC1(CC)CC(NC(=O)C2CCN(Cc3ccccc3F)CC2)c2ccccc2O1. The highest BCUT2D eigenvalue weighted by Gasteiger charge is 2.39. The fourth-order valence-electron chi connectivity index (χ4n) is 4.94. The van der Waals surface area contributed by atoms with E-state index in [-0.39, 0.29) is 29.3 Å². The summed E-state index contributed by atoms with van der Waals surface area (Å²) in [5, 5.41) is 3.34. The van der Waals surface area contributed by atoms with E-state index in [2.05, 4.69) is 30.1 Å². The summed E-state index contributed by atoms with van der Waals surface area (Å²) in [7, 11) is 0. The number of halogens is 1. The molecule has 2 heterocycles. The Morgan fingerprint density at radius 2 is 1.77 bits per heavy atom. The van der Waals surface area contributed by atoms with Crippen molar-refractivity contribution in [1.82, 2.24) is 10.2 Å². The molecule has 2 aromatic rings. The maximum Gasteiger partial charge on any atom is 0.223 e. The highest BCUT2D eigenvalue weighted by atomic mass is 19.1. The Hall–Kier alpha value is -2.40. The maximum absolute atomic E-state index is 14.0. The summed E-state index contributed by atoms with van der Waals surface area (Å²) in [6.07, 6.45) is 4.24. The molecular weight excluding hydrogens is 391 g/mol. The Morgan fingerprint density at radius 1 is 1.10 bits per heavy atom. The molecule has 1 N–H and O–H groups in total. The second-order valence-corrected chi connectivity index (χ2v) is 8.94. The molecule has 166 valence electrons. The van der Waals surface area contributed by atoms with E-state index in [4.69, 9.17) is 4.74 Å². The van der Waals surface area contributed by atoms with Crippen LogP contribution in [-0.2, 0) is 11.3 Å². The number of amides is 1. The van der Waals surface area contributed by atoms with Crippen LogP contribution < -0.4 is 10.1 Å². The van der Waals surface area contributed by atoms with Crippen LogP contribution in [0.15, 0.2) is 48.5 Å². The molecule has 0 bridgehead atoms. The molecule has 4 nitrogen and oxygen atoms in total. The van der Waals surface area contributed by atoms with Crippen LogP contribution in [0.25, 0.3) is 0 Å². The van der Waals surface area contributed by atoms with Gasteiger partial charge in [-0.2, -0.15) is 0 Å². The smallest absolute Gasteiger partial charge is 0.223 e. The number of fused-ring (bicyclic) bond motifs is 1. The van der Waals surface area contributed by atoms with Gasteiger partial charge in [0.25, 0.3) is 0 Å². The van der Waals surface area contributed by atoms with Crippen molar-refractivity contribution in [2.24, 2.45) is 5.92 Å². The number of hydrogen-bond donors (Lipinski definition) is 1. The fourth-order valence-corrected chi connectivity index (χ4v) is 4.94. The minimum Gasteiger partial charge on any atom is -0.487 e. The van der Waals surface area contributed by atoms with Gasteiger partial charge in [0.2, 0.25) is 5.91 Å². The van der Waals surface area contributed by atoms with Gasteiger partial charge in [0.15, 0.2) is 0 Å². The first-order valence-corrected chi connectivity index (χ1v) is 11.6. The Balaban J connectivity index is 1.38. The summed E-state index contributed by atoms with van der Waals surface area (Å²) in [6, 6.07) is 15.0. The minimum absolute atomic E-state index is 0.00419. The van der Waals surface area contributed by atoms with E-state index in [0.717, 1.165) is 62.1 Å². The second-order valence-electron chi connectivity index (χ2n) is 8.94. The lowest BCUT2D eigenvalue weighted by Crippen LogP contribution is -2.47. The first-order chi connectivity index (χ1) is 15.0. The predicted octanol–water partition coefficient (Wildman–Crippen LogP) is 5.24. The molecule has 2 aliphatic rings. The maximum atomic E-state index is 14.0. The van der Waals surface area contributed by atoms with Crippen molar-refractivity contribution in [2.45, 2.75) is 64.1 Å². The van der Waals surface area contributed by atoms with Gasteiger partial charge in [0, 0.05) is 30.0 Å². The van der Waals surface area contributed by atoms with Crippen LogP contribution in [0.4, 0.5) is 4.39 Å². The van der Waals surface area contributed by atoms with E-state index in [0.29, 0.717) is 6.54 Å². The average molecular weight is 425 g/mol. The number of rotatable bonds is 6. The third kappa shape index (κ3) is 4.77. The van der Waals surface area contributed by atoms with Gasteiger partial charge < -0.3 is 10.1 Å². The molecular formula is C26H33FN2O2. The number of likely N-dealkylation sites (tertiary alicyclic amines) is 1. The molecule has 5 heteroatoms. The van der Waals surface area contributed by atoms with E-state index in [1.165, 1.54) is 6.07 Å². The van der Waals surface area contributed by atoms with Crippen molar-refractivity contribution >= 4 is 5.91 Å². The number of carbonyl (C=O) groups is 1. The van der Waals surface area contributed by atoms with Crippen LogP contribution in [0.1, 0.15) is 63.1 Å². The first kappa shape index (κ1) is 21.8. The number of benzene rings is 2. The van der Waals surface area contributed by atoms with E-state index < -0.39 is 0 Å². The van der Waals surface area contributed by atoms with Crippen molar-refractivity contribution in [3.8, 4) is 5.75 Å². The van der Waals surface area contributed by atoms with Crippen LogP contribution in [0.5, 0.6) is 5.75 Å². The van der Waals surface area contributed by atoms with E-state index in [1.54, 1.807) is 6.07 Å². The number of hydrogen-bond acceptors (Lipinski definition) is 3. The molecule has 1 atom stereocenters. The molecule has 2 aliphatic heterocycles. The summed E-state index contributed by atoms with van der Waals surface area (Å²) < 4.78 is 20.3. The summed E-state index contributed by atoms with van der Waals surface area (Å²) >= 11 is 0. The van der Waals surface area contributed by atoms with Gasteiger partial charge in [-0.05, 0) is 50.9 Å². The minimum atomic E-state index is -0.227. The highest BCUT2D eigenvalue weighted by Crippen LogP contribution is 2.42. The molecule has 0 saturated carbocycles. The van der Waals surface area contributed by atoms with Gasteiger partial charge in [0.05, 0.1) is 6.04 Å². The van der Waals surface area contributed by atoms with Crippen LogP contribution in [-0.4, -0.2) is 29.5 Å². The van der Waals surface area contributed by atoms with Crippen molar-refractivity contribution in [3.05, 3.63) is 65.5 Å². The third-order valence-corrected chi connectivity index (χ3v) is 7.11. The predicted molar refractivity (Wildman–Crippen MR) is 120 cm³/mol. The summed E-state index contributed by atoms with van der Waals surface area (Å²) in [6.45, 7) is 6.53. The van der Waals surface area contributed by atoms with Gasteiger partial charge in [-0.25, -0.2) is 4.39 Å². The molecule has 4 rings (SSSR count). The van der Waals surface area contributed by atoms with E-state index in [1.807, 2.05) is 30.3 Å². The summed E-state index contributed by atoms with van der Waals surface area (Å²) in [5.41, 5.74) is 1.57. The van der Waals surface area contributed by atoms with Gasteiger partial charge in [-0.3, -0.25) is 9.69 Å². The van der Waals surface area contributed by atoms with Crippen molar-refractivity contribution in [2.75, 3.05) is 13.1 Å². The third-order valence-electron chi connectivity index (χ3n) is 7.11. The van der Waals surface area contributed by atoms with Gasteiger partial charge in [-0.15, -0.1) is 0 Å². The standard InChI is InChI=1S/C26H33FN2O2/c1-3-26(4-2)17-23(21-10-6-8-12-24(21)31-26)28-25(30)19-13-15-29(16-14-19)18-20-9-5-7-11-22(20)27/h5-12,19,23H,3-4,13-18H2,1-2H3,(H,28,30). The Morgan fingerprint density at radius 3 is 2.48 bits per heavy atom. The molecule has 0 radical (unpaired) electrons. The second kappa shape index (κ2) is 9.39. The van der Waals surface area contributed by atoms with Crippen LogP contribution in [0.2, 0.25) is 0 Å². The van der Waals surface area contributed by atoms with Crippen LogP contribution in [0.3, 0.4) is 0 Å². The van der Waals surface area contributed by atoms with Gasteiger partial charge in [0.1, 0.15) is 17.2 Å². The Labute approximate surface area is 184 Å². The Kier molecular flexibility index (Phi) is 6.61. The molecule has 0 aromatic heterocycles. The lowest BCUT2D eigenvalue weighted by atomic mass is 9.83. The van der Waals surface area contributed by atoms with E-state index >= 15 is 0 Å². The molecule has 2 aromatic carbocycles. The van der Waals surface area contributed by atoms with Crippen molar-refractivity contribution < 1.29 is 13.9 Å². The quantitative estimate of drug-likeness (QED) is 0.690. The zero-order valence-corrected chi connectivity index (χ0v) is 18.6. The number of nitrogens with zero attached hydrogens (tertiary/aromatic N) is 1. The molecule has 1 unspecified atom stereocenters. The first-order valence-electron chi connectivity index (χ1n) is 11.6. The van der Waals surface area contributed by atoms with Crippen LogP contribution in [0, 0.1) is 11.7 Å². The summed E-state index contributed by atoms with van der Waals surface area (Å²) in [4.78, 5) is 15.4. The zero-order valence-electron chi connectivity index (χ0n) is 18.6. The largest absolute Gasteiger partial charge is 0.487 e. The number of nitrogens with one attached hydrogen (secondary N) is 1. The van der Waals surface area contributed by atoms with E-state index in [9.17, 15) is 9.18 Å². The molecule has 0 aliphatic carbocycles. The lowest BCUT2D eigenvalue weighted by Gasteiger charge is -2.42. The lowest BCUT2D eigenvalue weighted by molar-refractivity contribution is -0.128. The molecule has 1 amide bonds. The normalized spacial score (nSPS) is 21.2. The number of carbonyl (C=O) groups excluding carboxylic acids is 1. The van der Waals surface area contributed by atoms with Crippen LogP contribution >= 0.6 is 0 Å². The van der Waals surface area contributed by atoms with Gasteiger partial charge in [-0.1, -0.05) is 50.2 Å². The molecule has 1 saturated heterocycles. The fraction of sp³-hybridized carbons (Fsp3) is 0.500. The highest BCUT2D eigenvalue weighted by molar-refractivity contribution is 5.79. The Bertz CT molecular complexity index is 904. The molecule has 0 spiro atoms. The summed E-state index contributed by atoms with van der Waals surface area (Å²) in [5.74, 6) is 0.871. The van der Waals surface area contributed by atoms with Gasteiger partial charge >= 0.3 is 0 Å². The number of para-hydroxylation sites is 1.